The molecule has 3 aromatic rings. The van der Waals surface area contributed by atoms with Crippen LogP contribution in [0.4, 0.5) is 5.69 Å². The molecule has 0 aliphatic carbocycles. The third-order valence-electron chi connectivity index (χ3n) is 3.36. The second-order valence-corrected chi connectivity index (χ2v) is 5.65. The normalized spacial score (nSPS) is 10.6. The smallest absolute Gasteiger partial charge is 0.359 e. The van der Waals surface area contributed by atoms with E-state index in [1.165, 1.54) is 0 Å². The standard InChI is InChI=1S/C17H14BrNO3/c1-21-13-6-7-14(18)12(8-13)10-19-15-9-11-4-2-3-5-16(11)22-17(15)20/h2-9,19H,10H2,1H3. The van der Waals surface area contributed by atoms with Gasteiger partial charge in [-0.2, -0.15) is 0 Å². The van der Waals surface area contributed by atoms with E-state index >= 15 is 0 Å². The van der Waals surface area contributed by atoms with E-state index in [1.54, 1.807) is 19.2 Å². The lowest BCUT2D eigenvalue weighted by atomic mass is 10.2. The van der Waals surface area contributed by atoms with Crippen LogP contribution in [0.25, 0.3) is 11.0 Å². The summed E-state index contributed by atoms with van der Waals surface area (Å²) in [6, 6.07) is 14.9. The fraction of sp³-hybridized carbons (Fsp3) is 0.118. The zero-order valence-electron chi connectivity index (χ0n) is 11.9. The average Bonchev–Trinajstić information content (AvgIpc) is 2.54. The molecule has 1 N–H and O–H groups in total. The van der Waals surface area contributed by atoms with Gasteiger partial charge in [0, 0.05) is 16.4 Å². The number of rotatable bonds is 4. The summed E-state index contributed by atoms with van der Waals surface area (Å²) in [6.45, 7) is 0.487. The van der Waals surface area contributed by atoms with E-state index in [0.29, 0.717) is 17.8 Å². The number of para-hydroxylation sites is 1. The number of nitrogens with one attached hydrogen (secondary N) is 1. The largest absolute Gasteiger partial charge is 0.497 e. The van der Waals surface area contributed by atoms with Gasteiger partial charge in [-0.25, -0.2) is 4.79 Å². The Bertz CT molecular complexity index is 873. The topological polar surface area (TPSA) is 51.5 Å². The Morgan fingerprint density at radius 1 is 1.18 bits per heavy atom. The van der Waals surface area contributed by atoms with E-state index in [9.17, 15) is 4.79 Å². The molecule has 0 aliphatic rings. The van der Waals surface area contributed by atoms with E-state index in [-0.39, 0.29) is 5.63 Å². The minimum Gasteiger partial charge on any atom is -0.497 e. The van der Waals surface area contributed by atoms with Gasteiger partial charge in [-0.05, 0) is 35.9 Å². The first-order chi connectivity index (χ1) is 10.7. The summed E-state index contributed by atoms with van der Waals surface area (Å²) in [6.07, 6.45) is 0. The number of fused-ring (bicyclic) bond motifs is 1. The number of methoxy groups -OCH3 is 1. The van der Waals surface area contributed by atoms with E-state index in [1.807, 2.05) is 36.4 Å². The molecule has 0 saturated heterocycles. The van der Waals surface area contributed by atoms with Gasteiger partial charge in [-0.1, -0.05) is 34.1 Å². The molecule has 5 heteroatoms. The summed E-state index contributed by atoms with van der Waals surface area (Å²) in [5.41, 5.74) is 1.64. The SMILES string of the molecule is COc1ccc(Br)c(CNc2cc3ccccc3oc2=O)c1. The number of ether oxygens (including phenoxy) is 1. The van der Waals surface area contributed by atoms with Crippen LogP contribution in [0.15, 0.2) is 62.2 Å². The third kappa shape index (κ3) is 2.99. The van der Waals surface area contributed by atoms with Gasteiger partial charge in [-0.15, -0.1) is 0 Å². The van der Waals surface area contributed by atoms with Crippen molar-refractivity contribution in [2.45, 2.75) is 6.54 Å². The Kier molecular flexibility index (Phi) is 4.15. The maximum atomic E-state index is 12.0. The summed E-state index contributed by atoms with van der Waals surface area (Å²) in [5.74, 6) is 0.769. The lowest BCUT2D eigenvalue weighted by Crippen LogP contribution is -2.10. The molecule has 0 saturated carbocycles. The molecule has 112 valence electrons. The fourth-order valence-corrected chi connectivity index (χ4v) is 2.58. The molecule has 0 aliphatic heterocycles. The second kappa shape index (κ2) is 6.23. The highest BCUT2D eigenvalue weighted by atomic mass is 79.9. The molecule has 1 heterocycles. The summed E-state index contributed by atoms with van der Waals surface area (Å²) in [7, 11) is 1.62. The second-order valence-electron chi connectivity index (χ2n) is 4.80. The quantitative estimate of drug-likeness (QED) is 0.710. The zero-order valence-corrected chi connectivity index (χ0v) is 13.5. The van der Waals surface area contributed by atoms with Crippen molar-refractivity contribution in [3.63, 3.8) is 0 Å². The van der Waals surface area contributed by atoms with Crippen molar-refractivity contribution in [3.05, 3.63) is 69.0 Å². The average molecular weight is 360 g/mol. The van der Waals surface area contributed by atoms with Crippen molar-refractivity contribution >= 4 is 32.6 Å². The molecule has 4 nitrogen and oxygen atoms in total. The van der Waals surface area contributed by atoms with Gasteiger partial charge in [0.25, 0.3) is 0 Å². The first-order valence-electron chi connectivity index (χ1n) is 6.76. The summed E-state index contributed by atoms with van der Waals surface area (Å²) >= 11 is 3.49. The Hall–Kier alpha value is -2.27. The van der Waals surface area contributed by atoms with Gasteiger partial charge < -0.3 is 14.5 Å². The highest BCUT2D eigenvalue weighted by Gasteiger charge is 2.07. The predicted molar refractivity (Wildman–Crippen MR) is 90.5 cm³/mol. The van der Waals surface area contributed by atoms with Gasteiger partial charge in [0.2, 0.25) is 0 Å². The minimum atomic E-state index is -0.377. The summed E-state index contributed by atoms with van der Waals surface area (Å²) < 4.78 is 11.5. The van der Waals surface area contributed by atoms with Crippen LogP contribution in [0.1, 0.15) is 5.56 Å². The van der Waals surface area contributed by atoms with E-state index in [0.717, 1.165) is 21.2 Å². The van der Waals surface area contributed by atoms with Crippen LogP contribution < -0.4 is 15.7 Å². The Morgan fingerprint density at radius 2 is 2.00 bits per heavy atom. The Balaban J connectivity index is 1.88. The Labute approximate surface area is 135 Å². The molecule has 0 amide bonds. The maximum absolute atomic E-state index is 12.0. The van der Waals surface area contributed by atoms with Gasteiger partial charge >= 0.3 is 5.63 Å². The van der Waals surface area contributed by atoms with Crippen LogP contribution in [0, 0.1) is 0 Å². The van der Waals surface area contributed by atoms with Crippen LogP contribution in [0.5, 0.6) is 5.75 Å². The molecular weight excluding hydrogens is 346 g/mol. The minimum absolute atomic E-state index is 0.377. The van der Waals surface area contributed by atoms with Crippen molar-refractivity contribution in [2.24, 2.45) is 0 Å². The van der Waals surface area contributed by atoms with Crippen LogP contribution in [0.2, 0.25) is 0 Å². The predicted octanol–water partition coefficient (Wildman–Crippen LogP) is 4.18. The summed E-state index contributed by atoms with van der Waals surface area (Å²) in [5, 5.41) is 4.01. The molecule has 0 unspecified atom stereocenters. The first kappa shape index (κ1) is 14.7. The third-order valence-corrected chi connectivity index (χ3v) is 4.14. The van der Waals surface area contributed by atoms with Crippen molar-refractivity contribution in [2.75, 3.05) is 12.4 Å². The first-order valence-corrected chi connectivity index (χ1v) is 7.56. The van der Waals surface area contributed by atoms with Gasteiger partial charge in [0.15, 0.2) is 0 Å². The molecule has 0 atom stereocenters. The number of benzene rings is 2. The van der Waals surface area contributed by atoms with Crippen LogP contribution in [-0.4, -0.2) is 7.11 Å². The van der Waals surface area contributed by atoms with Crippen LogP contribution >= 0.6 is 15.9 Å². The van der Waals surface area contributed by atoms with Gasteiger partial charge in [0.1, 0.15) is 17.0 Å². The monoisotopic (exact) mass is 359 g/mol. The van der Waals surface area contributed by atoms with Crippen molar-refractivity contribution in [1.29, 1.82) is 0 Å². The molecular formula is C17H14BrNO3. The molecule has 0 bridgehead atoms. The van der Waals surface area contributed by atoms with Crippen molar-refractivity contribution < 1.29 is 9.15 Å². The molecule has 2 aromatic carbocycles. The zero-order chi connectivity index (χ0) is 15.5. The molecule has 1 aromatic heterocycles. The van der Waals surface area contributed by atoms with E-state index in [4.69, 9.17) is 9.15 Å². The molecule has 0 radical (unpaired) electrons. The number of hydrogen-bond donors (Lipinski definition) is 1. The number of halogens is 1. The number of hydrogen-bond acceptors (Lipinski definition) is 4. The van der Waals surface area contributed by atoms with E-state index in [2.05, 4.69) is 21.2 Å². The molecule has 0 spiro atoms. The lowest BCUT2D eigenvalue weighted by Gasteiger charge is -2.09. The van der Waals surface area contributed by atoms with Gasteiger partial charge in [0.05, 0.1) is 7.11 Å². The van der Waals surface area contributed by atoms with Crippen LogP contribution in [0.3, 0.4) is 0 Å². The lowest BCUT2D eigenvalue weighted by molar-refractivity contribution is 0.414. The highest BCUT2D eigenvalue weighted by molar-refractivity contribution is 9.10. The number of anilines is 1. The molecule has 0 fully saturated rings. The Morgan fingerprint density at radius 3 is 2.82 bits per heavy atom. The van der Waals surface area contributed by atoms with Crippen molar-refractivity contribution in [3.8, 4) is 5.75 Å². The fourth-order valence-electron chi connectivity index (χ4n) is 2.19. The van der Waals surface area contributed by atoms with E-state index < -0.39 is 0 Å². The summed E-state index contributed by atoms with van der Waals surface area (Å²) in [4.78, 5) is 12.0. The maximum Gasteiger partial charge on any atom is 0.359 e. The van der Waals surface area contributed by atoms with Crippen molar-refractivity contribution in [1.82, 2.24) is 0 Å². The highest BCUT2D eigenvalue weighted by Crippen LogP contribution is 2.23. The molecule has 3 rings (SSSR count). The van der Waals surface area contributed by atoms with Gasteiger partial charge in [-0.3, -0.25) is 0 Å². The van der Waals surface area contributed by atoms with Crippen LogP contribution in [-0.2, 0) is 6.54 Å². The molecule has 22 heavy (non-hydrogen) atoms.